The highest BCUT2D eigenvalue weighted by atomic mass is 16.6. The summed E-state index contributed by atoms with van der Waals surface area (Å²) >= 11 is 0. The number of aliphatic carboxylic acids is 2. The molecule has 2 unspecified atom stereocenters. The van der Waals surface area contributed by atoms with Gasteiger partial charge < -0.3 is 39.5 Å². The van der Waals surface area contributed by atoms with Crippen LogP contribution in [0, 0.1) is 5.92 Å². The van der Waals surface area contributed by atoms with Crippen LogP contribution in [0.5, 0.6) is 11.5 Å². The minimum Gasteiger partial charge on any atom is -0.481 e. The van der Waals surface area contributed by atoms with Crippen LogP contribution >= 0.6 is 0 Å². The summed E-state index contributed by atoms with van der Waals surface area (Å²) in [5.74, 6) is -2.83. The zero-order valence-corrected chi connectivity index (χ0v) is 20.5. The number of ether oxygens (including phenoxy) is 3. The van der Waals surface area contributed by atoms with Crippen molar-refractivity contribution in [1.82, 2.24) is 4.90 Å². The molecule has 37 heavy (non-hydrogen) atoms. The maximum absolute atomic E-state index is 11.7. The van der Waals surface area contributed by atoms with Gasteiger partial charge in [0.25, 0.3) is 0 Å². The molecule has 7 atom stereocenters. The lowest BCUT2D eigenvalue weighted by atomic mass is 9.53. The number of hydrogen-bond donors (Lipinski definition) is 4. The molecule has 2 aliphatic heterocycles. The van der Waals surface area contributed by atoms with E-state index >= 15 is 0 Å². The normalized spacial score (nSPS) is 30.0. The van der Waals surface area contributed by atoms with E-state index < -0.39 is 30.3 Å². The van der Waals surface area contributed by atoms with Gasteiger partial charge in [0.15, 0.2) is 29.8 Å². The van der Waals surface area contributed by atoms with Crippen LogP contribution in [0.4, 0.5) is 0 Å². The second-order valence-electron chi connectivity index (χ2n) is 9.65. The van der Waals surface area contributed by atoms with E-state index in [1.165, 1.54) is 19.4 Å². The van der Waals surface area contributed by atoms with Gasteiger partial charge in [0.2, 0.25) is 0 Å². The van der Waals surface area contributed by atoms with Crippen molar-refractivity contribution < 1.29 is 53.8 Å². The Labute approximate surface area is 212 Å². The molecule has 0 aromatic heterocycles. The van der Waals surface area contributed by atoms with Gasteiger partial charge in [0.05, 0.1) is 0 Å². The SMILES string of the molecule is CC(=O)Oc1ccc2c3c1O[C@H]1[C@@H](OC(C)=O)C=C[C@H]4[C@@H](C2)N(C)CC[C@@]341.O=C(O)C(O)C(O)C(=O)O. The largest absolute Gasteiger partial charge is 0.481 e. The highest BCUT2D eigenvalue weighted by molar-refractivity contribution is 5.83. The third-order valence-electron chi connectivity index (χ3n) is 7.48. The maximum atomic E-state index is 11.7. The molecule has 2 aliphatic carbocycles. The van der Waals surface area contributed by atoms with Crippen molar-refractivity contribution in [2.75, 3.05) is 13.6 Å². The van der Waals surface area contributed by atoms with E-state index in [0.29, 0.717) is 17.5 Å². The third-order valence-corrected chi connectivity index (χ3v) is 7.48. The number of esters is 2. The van der Waals surface area contributed by atoms with E-state index in [0.717, 1.165) is 24.9 Å². The van der Waals surface area contributed by atoms with Gasteiger partial charge in [-0.3, -0.25) is 9.59 Å². The van der Waals surface area contributed by atoms with E-state index in [9.17, 15) is 19.2 Å². The molecule has 5 rings (SSSR count). The predicted octanol–water partition coefficient (Wildman–Crippen LogP) is -0.134. The Kier molecular flexibility index (Phi) is 7.01. The smallest absolute Gasteiger partial charge is 0.335 e. The average Bonchev–Trinajstić information content (AvgIpc) is 3.18. The minimum atomic E-state index is -2.27. The number of carbonyl (C=O) groups is 4. The molecule has 2 heterocycles. The monoisotopic (exact) mass is 519 g/mol. The number of benzene rings is 1. The van der Waals surface area contributed by atoms with Crippen molar-refractivity contribution in [1.29, 1.82) is 0 Å². The first-order valence-electron chi connectivity index (χ1n) is 11.8. The van der Waals surface area contributed by atoms with Crippen molar-refractivity contribution in [3.63, 3.8) is 0 Å². The molecule has 1 fully saturated rings. The Bertz CT molecular complexity index is 1150. The number of rotatable bonds is 5. The molecule has 2 bridgehead atoms. The van der Waals surface area contributed by atoms with Crippen molar-refractivity contribution in [2.45, 2.75) is 62.6 Å². The standard InChI is InChI=1S/C21H23NO5.C4H6O6/c1-11(23)25-16-6-4-13-10-15-14-5-7-17(26-12(2)24)20-21(14,8-9-22(15)3)18(13)19(16)27-20;5-1(3(7)8)2(6)4(9)10/h4-7,14-15,17,20H,8-10H2,1-3H3;1-2,5-6H,(H,7,8)(H,9,10)/t14-,15+,17-,20-,21-;/m0./s1. The Morgan fingerprint density at radius 1 is 1.05 bits per heavy atom. The van der Waals surface area contributed by atoms with Gasteiger partial charge in [-0.1, -0.05) is 12.1 Å². The molecule has 1 aromatic rings. The second-order valence-corrected chi connectivity index (χ2v) is 9.65. The highest BCUT2D eigenvalue weighted by Gasteiger charge is 2.65. The van der Waals surface area contributed by atoms with Crippen LogP contribution < -0.4 is 9.47 Å². The molecule has 1 aromatic carbocycles. The lowest BCUT2D eigenvalue weighted by Crippen LogP contribution is -2.65. The van der Waals surface area contributed by atoms with Crippen LogP contribution in [0.2, 0.25) is 0 Å². The molecule has 12 nitrogen and oxygen atoms in total. The van der Waals surface area contributed by atoms with Gasteiger partial charge in [-0.2, -0.15) is 0 Å². The maximum Gasteiger partial charge on any atom is 0.335 e. The summed E-state index contributed by atoms with van der Waals surface area (Å²) in [6, 6.07) is 4.28. The molecule has 1 saturated heterocycles. The molecule has 0 amide bonds. The van der Waals surface area contributed by atoms with Crippen LogP contribution in [0.3, 0.4) is 0 Å². The number of aliphatic hydroxyl groups excluding tert-OH is 2. The third kappa shape index (κ3) is 4.45. The van der Waals surface area contributed by atoms with Crippen LogP contribution in [0.25, 0.3) is 0 Å². The van der Waals surface area contributed by atoms with Crippen molar-refractivity contribution in [3.05, 3.63) is 35.4 Å². The Morgan fingerprint density at radius 3 is 2.27 bits per heavy atom. The first-order valence-corrected chi connectivity index (χ1v) is 11.8. The number of carboxylic acid groups (broad SMARTS) is 2. The minimum absolute atomic E-state index is 0.245. The molecule has 0 radical (unpaired) electrons. The number of hydrogen-bond acceptors (Lipinski definition) is 10. The summed E-state index contributed by atoms with van der Waals surface area (Å²) in [6.45, 7) is 3.77. The number of nitrogens with zero attached hydrogens (tertiary/aromatic N) is 1. The number of piperidine rings is 1. The van der Waals surface area contributed by atoms with E-state index in [1.54, 1.807) is 0 Å². The zero-order chi connectivity index (χ0) is 27.2. The first-order chi connectivity index (χ1) is 17.4. The highest BCUT2D eigenvalue weighted by Crippen LogP contribution is 2.62. The fraction of sp³-hybridized carbons (Fsp3) is 0.520. The lowest BCUT2D eigenvalue weighted by Gasteiger charge is -2.56. The molecular formula is C25H29NO11. The summed E-state index contributed by atoms with van der Waals surface area (Å²) in [6.07, 6.45) is 0.777. The summed E-state index contributed by atoms with van der Waals surface area (Å²) < 4.78 is 17.5. The molecule has 200 valence electrons. The van der Waals surface area contributed by atoms with Crippen molar-refractivity contribution in [2.24, 2.45) is 5.92 Å². The van der Waals surface area contributed by atoms with Gasteiger partial charge in [-0.15, -0.1) is 0 Å². The fourth-order valence-electron chi connectivity index (χ4n) is 6.01. The van der Waals surface area contributed by atoms with Crippen molar-refractivity contribution >= 4 is 23.9 Å². The van der Waals surface area contributed by atoms with E-state index in [-0.39, 0.29) is 29.4 Å². The number of likely N-dealkylation sites (tertiary alicyclic amines) is 1. The quantitative estimate of drug-likeness (QED) is 0.230. The number of carbonyl (C=O) groups excluding carboxylic acids is 2. The Morgan fingerprint density at radius 2 is 1.70 bits per heavy atom. The summed E-state index contributed by atoms with van der Waals surface area (Å²) in [4.78, 5) is 45.2. The van der Waals surface area contributed by atoms with Gasteiger partial charge in [-0.25, -0.2) is 9.59 Å². The molecule has 0 saturated carbocycles. The summed E-state index contributed by atoms with van der Waals surface area (Å²) in [7, 11) is 2.17. The Balaban J connectivity index is 0.000000275. The van der Waals surface area contributed by atoms with Crippen LogP contribution in [0.1, 0.15) is 31.4 Å². The van der Waals surface area contributed by atoms with Crippen LogP contribution in [-0.4, -0.2) is 93.3 Å². The van der Waals surface area contributed by atoms with E-state index in [2.05, 4.69) is 24.1 Å². The summed E-state index contributed by atoms with van der Waals surface area (Å²) in [5.41, 5.74) is 2.15. The molecule has 12 heteroatoms. The molecular weight excluding hydrogens is 490 g/mol. The van der Waals surface area contributed by atoms with Crippen LogP contribution in [0.15, 0.2) is 24.3 Å². The zero-order valence-electron chi connectivity index (χ0n) is 20.5. The molecule has 1 spiro atoms. The predicted molar refractivity (Wildman–Crippen MR) is 124 cm³/mol. The topological polar surface area (TPSA) is 180 Å². The number of carboxylic acids is 2. The average molecular weight is 520 g/mol. The van der Waals surface area contributed by atoms with Gasteiger partial charge >= 0.3 is 23.9 Å². The van der Waals surface area contributed by atoms with Crippen molar-refractivity contribution in [3.8, 4) is 11.5 Å². The van der Waals surface area contributed by atoms with Crippen LogP contribution in [-0.2, 0) is 35.8 Å². The first kappa shape index (κ1) is 26.6. The Hall–Kier alpha value is -3.48. The van der Waals surface area contributed by atoms with Gasteiger partial charge in [0, 0.05) is 36.8 Å². The van der Waals surface area contributed by atoms with Gasteiger partial charge in [0.1, 0.15) is 6.10 Å². The van der Waals surface area contributed by atoms with Gasteiger partial charge in [-0.05, 0) is 44.1 Å². The summed E-state index contributed by atoms with van der Waals surface area (Å²) in [5, 5.41) is 32.5. The lowest BCUT2D eigenvalue weighted by molar-refractivity contribution is -0.165. The van der Waals surface area contributed by atoms with E-state index in [1.807, 2.05) is 12.1 Å². The number of aliphatic hydroxyl groups is 2. The number of likely N-dealkylation sites (N-methyl/N-ethyl adjacent to an activating group) is 1. The molecule has 4 N–H and O–H groups in total. The second kappa shape index (κ2) is 9.77. The fourth-order valence-corrected chi connectivity index (χ4v) is 6.01. The molecule has 4 aliphatic rings. The van der Waals surface area contributed by atoms with E-state index in [4.69, 9.17) is 34.6 Å².